The molecule has 0 fully saturated rings. The van der Waals surface area contributed by atoms with E-state index >= 15 is 0 Å². The average molecular weight is 218 g/mol. The lowest BCUT2D eigenvalue weighted by Crippen LogP contribution is -1.99. The van der Waals surface area contributed by atoms with Crippen molar-refractivity contribution in [3.05, 3.63) is 53.0 Å². The molecule has 0 heterocycles. The molecule has 1 nitrogen and oxygen atoms in total. The van der Waals surface area contributed by atoms with Crippen LogP contribution in [0.15, 0.2) is 47.4 Å². The molecule has 0 amide bonds. The van der Waals surface area contributed by atoms with E-state index in [0.29, 0.717) is 0 Å². The van der Waals surface area contributed by atoms with Crippen LogP contribution in [-0.4, -0.2) is 10.5 Å². The molecule has 15 heavy (non-hydrogen) atoms. The van der Waals surface area contributed by atoms with Gasteiger partial charge < -0.3 is 0 Å². The normalized spacial score (nSPS) is 17.9. The third kappa shape index (κ3) is 2.26. The molecule has 1 aliphatic carbocycles. The molecule has 0 saturated heterocycles. The molecule has 0 spiro atoms. The topological polar surface area (TPSA) is 17.1 Å². The Labute approximate surface area is 93.0 Å². The van der Waals surface area contributed by atoms with Crippen molar-refractivity contribution in [2.45, 2.75) is 12.8 Å². The predicted molar refractivity (Wildman–Crippen MR) is 65.8 cm³/mol. The molecule has 0 aromatic heterocycles. The van der Waals surface area contributed by atoms with Crippen LogP contribution >= 0.6 is 0 Å². The Morgan fingerprint density at radius 2 is 1.93 bits per heavy atom. The minimum atomic E-state index is -0.890. The molecular formula is C13H14OS. The van der Waals surface area contributed by atoms with Gasteiger partial charge in [-0.3, -0.25) is 4.21 Å². The zero-order chi connectivity index (χ0) is 10.7. The largest absolute Gasteiger partial charge is 0.255 e. The van der Waals surface area contributed by atoms with Gasteiger partial charge in [0.05, 0.1) is 10.8 Å². The van der Waals surface area contributed by atoms with Crippen molar-refractivity contribution in [2.75, 3.05) is 6.26 Å². The molecule has 0 N–H and O–H groups in total. The number of hydrogen-bond donors (Lipinski definition) is 0. The highest BCUT2D eigenvalue weighted by Crippen LogP contribution is 2.29. The summed E-state index contributed by atoms with van der Waals surface area (Å²) in [6, 6.07) is 10.2. The van der Waals surface area contributed by atoms with E-state index in [2.05, 4.69) is 18.2 Å². The van der Waals surface area contributed by atoms with Gasteiger partial charge in [-0.15, -0.1) is 0 Å². The monoisotopic (exact) mass is 218 g/mol. The van der Waals surface area contributed by atoms with Crippen molar-refractivity contribution in [1.82, 2.24) is 0 Å². The van der Waals surface area contributed by atoms with Crippen molar-refractivity contribution in [3.8, 4) is 0 Å². The van der Waals surface area contributed by atoms with Crippen LogP contribution in [0.1, 0.15) is 18.4 Å². The van der Waals surface area contributed by atoms with Crippen LogP contribution in [0.25, 0.3) is 5.57 Å². The fourth-order valence-corrected chi connectivity index (χ4v) is 2.69. The summed E-state index contributed by atoms with van der Waals surface area (Å²) < 4.78 is 11.6. The van der Waals surface area contributed by atoms with E-state index in [-0.39, 0.29) is 0 Å². The van der Waals surface area contributed by atoms with Gasteiger partial charge >= 0.3 is 0 Å². The van der Waals surface area contributed by atoms with Gasteiger partial charge in [0.2, 0.25) is 0 Å². The van der Waals surface area contributed by atoms with Gasteiger partial charge in [-0.25, -0.2) is 0 Å². The molecule has 0 radical (unpaired) electrons. The summed E-state index contributed by atoms with van der Waals surface area (Å²) >= 11 is 0. The number of rotatable bonds is 2. The Balaban J connectivity index is 2.49. The maximum atomic E-state index is 11.6. The van der Waals surface area contributed by atoms with Crippen LogP contribution in [0.5, 0.6) is 0 Å². The van der Waals surface area contributed by atoms with Gasteiger partial charge in [-0.05, 0) is 30.1 Å². The number of hydrogen-bond acceptors (Lipinski definition) is 1. The quantitative estimate of drug-likeness (QED) is 0.745. The molecule has 1 aliphatic rings. The zero-order valence-electron chi connectivity index (χ0n) is 8.77. The van der Waals surface area contributed by atoms with E-state index in [0.717, 1.165) is 17.7 Å². The number of allylic oxidation sites excluding steroid dienone is 3. The highest BCUT2D eigenvalue weighted by atomic mass is 32.2. The second-order valence-corrected chi connectivity index (χ2v) is 4.95. The lowest BCUT2D eigenvalue weighted by Gasteiger charge is -2.14. The molecule has 1 aromatic rings. The first-order valence-corrected chi connectivity index (χ1v) is 6.63. The first kappa shape index (κ1) is 10.4. The van der Waals surface area contributed by atoms with E-state index < -0.39 is 10.8 Å². The maximum absolute atomic E-state index is 11.6. The standard InChI is InChI=1S/C13H14OS/c1-15(14)13-10-6-5-9-12(13)11-7-3-2-4-8-11/h2-4,6-8,10H,5,9H2,1H3. The van der Waals surface area contributed by atoms with Crippen molar-refractivity contribution < 1.29 is 4.21 Å². The average Bonchev–Trinajstić information content (AvgIpc) is 2.30. The van der Waals surface area contributed by atoms with E-state index in [1.165, 1.54) is 11.1 Å². The molecule has 0 aliphatic heterocycles. The Bertz CT molecular complexity index is 429. The SMILES string of the molecule is CS(=O)C1=C(c2ccccc2)CCC=C1. The Morgan fingerprint density at radius 1 is 1.20 bits per heavy atom. The fourth-order valence-electron chi connectivity index (χ4n) is 1.84. The van der Waals surface area contributed by atoms with Crippen LogP contribution in [-0.2, 0) is 10.8 Å². The summed E-state index contributed by atoms with van der Waals surface area (Å²) in [4.78, 5) is 0.979. The van der Waals surface area contributed by atoms with Gasteiger partial charge in [0.15, 0.2) is 0 Å². The van der Waals surface area contributed by atoms with Crippen LogP contribution in [0.2, 0.25) is 0 Å². The van der Waals surface area contributed by atoms with Crippen molar-refractivity contribution in [3.63, 3.8) is 0 Å². The first-order valence-electron chi connectivity index (χ1n) is 5.07. The molecule has 0 saturated carbocycles. The van der Waals surface area contributed by atoms with Gasteiger partial charge in [-0.2, -0.15) is 0 Å². The molecular weight excluding hydrogens is 204 g/mol. The zero-order valence-corrected chi connectivity index (χ0v) is 9.59. The smallest absolute Gasteiger partial charge is 0.0501 e. The molecule has 2 rings (SSSR count). The van der Waals surface area contributed by atoms with Gasteiger partial charge in [-0.1, -0.05) is 36.4 Å². The van der Waals surface area contributed by atoms with Crippen LogP contribution in [0, 0.1) is 0 Å². The second-order valence-electron chi connectivity index (χ2n) is 3.60. The van der Waals surface area contributed by atoms with Gasteiger partial charge in [0.25, 0.3) is 0 Å². The number of benzene rings is 1. The van der Waals surface area contributed by atoms with E-state index in [1.54, 1.807) is 6.26 Å². The molecule has 1 unspecified atom stereocenters. The molecule has 2 heteroatoms. The van der Waals surface area contributed by atoms with Crippen LogP contribution < -0.4 is 0 Å². The Morgan fingerprint density at radius 3 is 2.60 bits per heavy atom. The second kappa shape index (κ2) is 4.58. The molecule has 0 bridgehead atoms. The third-order valence-electron chi connectivity index (χ3n) is 2.56. The summed E-state index contributed by atoms with van der Waals surface area (Å²) in [6.45, 7) is 0. The molecule has 1 aromatic carbocycles. The minimum Gasteiger partial charge on any atom is -0.255 e. The van der Waals surface area contributed by atoms with E-state index in [9.17, 15) is 4.21 Å². The lowest BCUT2D eigenvalue weighted by atomic mass is 9.97. The van der Waals surface area contributed by atoms with Gasteiger partial charge in [0, 0.05) is 11.2 Å². The highest BCUT2D eigenvalue weighted by Gasteiger charge is 2.12. The van der Waals surface area contributed by atoms with Crippen LogP contribution in [0.3, 0.4) is 0 Å². The maximum Gasteiger partial charge on any atom is 0.0501 e. The van der Waals surface area contributed by atoms with Crippen LogP contribution in [0.4, 0.5) is 0 Å². The minimum absolute atomic E-state index is 0.890. The molecule has 78 valence electrons. The summed E-state index contributed by atoms with van der Waals surface area (Å²) in [6.07, 6.45) is 7.89. The molecule has 1 atom stereocenters. The first-order chi connectivity index (χ1) is 7.29. The summed E-state index contributed by atoms with van der Waals surface area (Å²) in [5.74, 6) is 0. The Kier molecular flexibility index (Phi) is 3.17. The van der Waals surface area contributed by atoms with E-state index in [4.69, 9.17) is 0 Å². The van der Waals surface area contributed by atoms with Gasteiger partial charge in [0.1, 0.15) is 0 Å². The summed E-state index contributed by atoms with van der Waals surface area (Å²) in [5.41, 5.74) is 2.44. The highest BCUT2D eigenvalue weighted by molar-refractivity contribution is 7.88. The Hall–Kier alpha value is -1.15. The summed E-state index contributed by atoms with van der Waals surface area (Å²) in [5, 5.41) is 0. The summed E-state index contributed by atoms with van der Waals surface area (Å²) in [7, 11) is -0.890. The predicted octanol–water partition coefficient (Wildman–Crippen LogP) is 3.13. The van der Waals surface area contributed by atoms with Crippen molar-refractivity contribution in [2.24, 2.45) is 0 Å². The van der Waals surface area contributed by atoms with Crippen molar-refractivity contribution >= 4 is 16.4 Å². The van der Waals surface area contributed by atoms with Crippen molar-refractivity contribution in [1.29, 1.82) is 0 Å². The fraction of sp³-hybridized carbons (Fsp3) is 0.231. The third-order valence-corrected chi connectivity index (χ3v) is 3.56. The lowest BCUT2D eigenvalue weighted by molar-refractivity contribution is 0.690. The van der Waals surface area contributed by atoms with E-state index in [1.807, 2.05) is 24.3 Å².